The van der Waals surface area contributed by atoms with Gasteiger partial charge in [-0.2, -0.15) is 5.10 Å². The Balaban J connectivity index is 1.64. The van der Waals surface area contributed by atoms with Crippen molar-refractivity contribution in [3.63, 3.8) is 0 Å². The number of rotatable bonds is 8. The van der Waals surface area contributed by atoms with Gasteiger partial charge in [0, 0.05) is 12.6 Å². The van der Waals surface area contributed by atoms with Crippen LogP contribution in [0.25, 0.3) is 0 Å². The molecule has 1 aromatic heterocycles. The first-order valence-corrected chi connectivity index (χ1v) is 9.32. The Hall–Kier alpha value is -3.68. The van der Waals surface area contributed by atoms with Crippen molar-refractivity contribution in [3.05, 3.63) is 87.6 Å². The molecule has 156 valence electrons. The third kappa shape index (κ3) is 5.22. The quantitative estimate of drug-likeness (QED) is 0.616. The van der Waals surface area contributed by atoms with Gasteiger partial charge in [-0.25, -0.2) is 9.07 Å². The zero-order valence-corrected chi connectivity index (χ0v) is 16.7. The van der Waals surface area contributed by atoms with Crippen molar-refractivity contribution in [2.45, 2.75) is 13.0 Å². The summed E-state index contributed by atoms with van der Waals surface area (Å²) in [4.78, 5) is 24.5. The van der Waals surface area contributed by atoms with E-state index in [1.807, 2.05) is 12.1 Å². The highest BCUT2D eigenvalue weighted by Gasteiger charge is 2.11. The number of nitrogens with zero attached hydrogens (tertiary/aromatic N) is 2. The van der Waals surface area contributed by atoms with Crippen LogP contribution in [0.1, 0.15) is 21.6 Å². The second kappa shape index (κ2) is 9.69. The second-order valence-corrected chi connectivity index (χ2v) is 6.54. The molecule has 7 nitrogen and oxygen atoms in total. The van der Waals surface area contributed by atoms with Gasteiger partial charge < -0.3 is 14.8 Å². The Bertz CT molecular complexity index is 1100. The third-order valence-corrected chi connectivity index (χ3v) is 4.47. The Labute approximate surface area is 173 Å². The number of amides is 1. The summed E-state index contributed by atoms with van der Waals surface area (Å²) in [5.41, 5.74) is 1.28. The topological polar surface area (TPSA) is 82.5 Å². The third-order valence-electron chi connectivity index (χ3n) is 4.47. The molecule has 0 saturated carbocycles. The van der Waals surface area contributed by atoms with Crippen LogP contribution in [0.2, 0.25) is 0 Å². The van der Waals surface area contributed by atoms with Crippen LogP contribution >= 0.6 is 0 Å². The molecule has 3 rings (SSSR count). The Kier molecular flexibility index (Phi) is 6.79. The standard InChI is InChI=1S/C22H22FN3O4/c1-29-19-8-6-15(13-20(19)30-2)10-11-24-22(28)18-7-9-21(27)26(25-18)14-16-4-3-5-17(23)12-16/h3-9,12-13H,10-11,14H2,1-2H3,(H,24,28). The molecular formula is C22H22FN3O4. The van der Waals surface area contributed by atoms with E-state index in [2.05, 4.69) is 10.4 Å². The Morgan fingerprint density at radius 2 is 1.83 bits per heavy atom. The number of hydrogen-bond donors (Lipinski definition) is 1. The van der Waals surface area contributed by atoms with E-state index < -0.39 is 11.7 Å². The summed E-state index contributed by atoms with van der Waals surface area (Å²) in [6.07, 6.45) is 0.578. The van der Waals surface area contributed by atoms with Crippen LogP contribution in [0.5, 0.6) is 11.5 Å². The fraction of sp³-hybridized carbons (Fsp3) is 0.227. The number of halogens is 1. The molecule has 0 atom stereocenters. The first-order valence-electron chi connectivity index (χ1n) is 9.32. The molecule has 1 amide bonds. The number of ether oxygens (including phenoxy) is 2. The average Bonchev–Trinajstić information content (AvgIpc) is 2.75. The summed E-state index contributed by atoms with van der Waals surface area (Å²) >= 11 is 0. The smallest absolute Gasteiger partial charge is 0.271 e. The maximum Gasteiger partial charge on any atom is 0.271 e. The van der Waals surface area contributed by atoms with Crippen LogP contribution in [0.4, 0.5) is 4.39 Å². The number of benzene rings is 2. The van der Waals surface area contributed by atoms with E-state index in [4.69, 9.17) is 9.47 Å². The lowest BCUT2D eigenvalue weighted by molar-refractivity contribution is 0.0946. The van der Waals surface area contributed by atoms with Crippen LogP contribution in [0.15, 0.2) is 59.4 Å². The van der Waals surface area contributed by atoms with E-state index in [1.165, 1.54) is 24.3 Å². The van der Waals surface area contributed by atoms with Crippen molar-refractivity contribution in [1.29, 1.82) is 0 Å². The average molecular weight is 411 g/mol. The van der Waals surface area contributed by atoms with Gasteiger partial charge in [-0.1, -0.05) is 18.2 Å². The monoisotopic (exact) mass is 411 g/mol. The van der Waals surface area contributed by atoms with E-state index in [0.717, 1.165) is 10.2 Å². The number of aromatic nitrogens is 2. The number of hydrogen-bond acceptors (Lipinski definition) is 5. The van der Waals surface area contributed by atoms with Gasteiger partial charge in [0.05, 0.1) is 20.8 Å². The van der Waals surface area contributed by atoms with Crippen molar-refractivity contribution < 1.29 is 18.7 Å². The first-order chi connectivity index (χ1) is 14.5. The molecule has 8 heteroatoms. The molecule has 0 saturated heterocycles. The molecule has 0 fully saturated rings. The van der Waals surface area contributed by atoms with E-state index in [1.54, 1.807) is 32.4 Å². The van der Waals surface area contributed by atoms with Crippen LogP contribution in [0.3, 0.4) is 0 Å². The number of carbonyl (C=O) groups is 1. The number of nitrogens with one attached hydrogen (secondary N) is 1. The maximum absolute atomic E-state index is 13.4. The zero-order valence-electron chi connectivity index (χ0n) is 16.7. The van der Waals surface area contributed by atoms with Gasteiger partial charge in [0.25, 0.3) is 11.5 Å². The molecule has 1 N–H and O–H groups in total. The largest absolute Gasteiger partial charge is 0.493 e. The lowest BCUT2D eigenvalue weighted by Gasteiger charge is -2.10. The van der Waals surface area contributed by atoms with Gasteiger partial charge in [0.1, 0.15) is 11.5 Å². The fourth-order valence-corrected chi connectivity index (χ4v) is 2.94. The molecule has 0 aliphatic rings. The summed E-state index contributed by atoms with van der Waals surface area (Å²) in [5, 5.41) is 6.89. The molecule has 0 bridgehead atoms. The van der Waals surface area contributed by atoms with E-state index in [9.17, 15) is 14.0 Å². The molecular weight excluding hydrogens is 389 g/mol. The molecule has 30 heavy (non-hydrogen) atoms. The lowest BCUT2D eigenvalue weighted by atomic mass is 10.1. The molecule has 0 spiro atoms. The first kappa shape index (κ1) is 21.0. The molecule has 3 aromatic rings. The minimum atomic E-state index is -0.400. The van der Waals surface area contributed by atoms with Crippen LogP contribution in [0, 0.1) is 5.82 Å². The fourth-order valence-electron chi connectivity index (χ4n) is 2.94. The van der Waals surface area contributed by atoms with E-state index in [-0.39, 0.29) is 17.8 Å². The highest BCUT2D eigenvalue weighted by atomic mass is 19.1. The van der Waals surface area contributed by atoms with Crippen molar-refractivity contribution in [1.82, 2.24) is 15.1 Å². The van der Waals surface area contributed by atoms with Crippen molar-refractivity contribution >= 4 is 5.91 Å². The van der Waals surface area contributed by atoms with Gasteiger partial charge in [-0.3, -0.25) is 9.59 Å². The summed E-state index contributed by atoms with van der Waals surface area (Å²) in [6.45, 7) is 0.447. The zero-order chi connectivity index (χ0) is 21.5. The van der Waals surface area contributed by atoms with Gasteiger partial charge >= 0.3 is 0 Å². The summed E-state index contributed by atoms with van der Waals surface area (Å²) in [5.74, 6) is 0.454. The summed E-state index contributed by atoms with van der Waals surface area (Å²) in [7, 11) is 3.13. The highest BCUT2D eigenvalue weighted by molar-refractivity contribution is 5.91. The molecule has 2 aromatic carbocycles. The van der Waals surface area contributed by atoms with Gasteiger partial charge in [-0.05, 0) is 47.9 Å². The lowest BCUT2D eigenvalue weighted by Crippen LogP contribution is -2.31. The molecule has 0 radical (unpaired) electrons. The van der Waals surface area contributed by atoms with Gasteiger partial charge in [-0.15, -0.1) is 0 Å². The predicted octanol–water partition coefficient (Wildman–Crippen LogP) is 2.42. The number of methoxy groups -OCH3 is 2. The number of carbonyl (C=O) groups excluding carboxylic acids is 1. The van der Waals surface area contributed by atoms with E-state index >= 15 is 0 Å². The molecule has 0 unspecified atom stereocenters. The predicted molar refractivity (Wildman–Crippen MR) is 110 cm³/mol. The Morgan fingerprint density at radius 1 is 1.03 bits per heavy atom. The molecule has 0 aliphatic heterocycles. The maximum atomic E-state index is 13.4. The SMILES string of the molecule is COc1ccc(CCNC(=O)c2ccc(=O)n(Cc3cccc(F)c3)n2)cc1OC. The van der Waals surface area contributed by atoms with Crippen molar-refractivity contribution in [2.24, 2.45) is 0 Å². The highest BCUT2D eigenvalue weighted by Crippen LogP contribution is 2.27. The van der Waals surface area contributed by atoms with Gasteiger partial charge in [0.2, 0.25) is 0 Å². The van der Waals surface area contributed by atoms with Crippen molar-refractivity contribution in [2.75, 3.05) is 20.8 Å². The van der Waals surface area contributed by atoms with Crippen LogP contribution in [-0.2, 0) is 13.0 Å². The molecule has 1 heterocycles. The molecule has 0 aliphatic carbocycles. The van der Waals surface area contributed by atoms with Crippen molar-refractivity contribution in [3.8, 4) is 11.5 Å². The normalized spacial score (nSPS) is 10.5. The minimum absolute atomic E-state index is 0.0728. The minimum Gasteiger partial charge on any atom is -0.493 e. The van der Waals surface area contributed by atoms with Crippen LogP contribution < -0.4 is 20.3 Å². The summed E-state index contributed by atoms with van der Waals surface area (Å²) < 4.78 is 25.0. The van der Waals surface area contributed by atoms with E-state index in [0.29, 0.717) is 30.0 Å². The van der Waals surface area contributed by atoms with Gasteiger partial charge in [0.15, 0.2) is 11.5 Å². The summed E-state index contributed by atoms with van der Waals surface area (Å²) in [6, 6.07) is 14.1. The second-order valence-electron chi connectivity index (χ2n) is 6.54. The van der Waals surface area contributed by atoms with Crippen LogP contribution in [-0.4, -0.2) is 36.5 Å². The Morgan fingerprint density at radius 3 is 2.57 bits per heavy atom.